The summed E-state index contributed by atoms with van der Waals surface area (Å²) >= 11 is 0. The number of hydrogen-bond donors (Lipinski definition) is 1. The van der Waals surface area contributed by atoms with E-state index in [9.17, 15) is 13.2 Å². The average Bonchev–Trinajstić information content (AvgIpc) is 2.85. The molecule has 38 heavy (non-hydrogen) atoms. The molecule has 0 fully saturated rings. The minimum atomic E-state index is -2.99. The van der Waals surface area contributed by atoms with Gasteiger partial charge in [0.05, 0.1) is 24.9 Å². The van der Waals surface area contributed by atoms with Crippen LogP contribution in [0.15, 0.2) is 54.7 Å². The molecule has 0 aliphatic heterocycles. The molecule has 0 unspecified atom stereocenters. The summed E-state index contributed by atoms with van der Waals surface area (Å²) in [4.78, 5) is 15.4. The molecule has 0 spiro atoms. The van der Waals surface area contributed by atoms with E-state index in [-0.39, 0.29) is 12.2 Å². The Hall–Kier alpha value is -3.43. The van der Waals surface area contributed by atoms with E-state index in [2.05, 4.69) is 17.1 Å². The fourth-order valence-electron chi connectivity index (χ4n) is 4.25. The lowest BCUT2D eigenvalue weighted by Gasteiger charge is -2.16. The van der Waals surface area contributed by atoms with Crippen LogP contribution < -0.4 is 9.47 Å². The van der Waals surface area contributed by atoms with Crippen LogP contribution in [-0.4, -0.2) is 49.7 Å². The zero-order valence-corrected chi connectivity index (χ0v) is 23.1. The number of carboxylic acids is 1. The quantitative estimate of drug-likeness (QED) is 0.273. The van der Waals surface area contributed by atoms with Crippen molar-refractivity contribution in [3.8, 4) is 22.8 Å². The van der Waals surface area contributed by atoms with Gasteiger partial charge < -0.3 is 19.3 Å². The minimum Gasteiger partial charge on any atom is -0.494 e. The second kappa shape index (κ2) is 13.4. The fraction of sp³-hybridized carbons (Fsp3) is 0.379. The van der Waals surface area contributed by atoms with Crippen molar-refractivity contribution < 1.29 is 32.5 Å². The Morgan fingerprint density at radius 1 is 1.05 bits per heavy atom. The molecule has 0 saturated heterocycles. The maximum absolute atomic E-state index is 11.3. The van der Waals surface area contributed by atoms with Crippen LogP contribution in [0.2, 0.25) is 0 Å². The molecule has 1 aromatic heterocycles. The zero-order chi connectivity index (χ0) is 27.7. The van der Waals surface area contributed by atoms with E-state index < -0.39 is 21.9 Å². The van der Waals surface area contributed by atoms with E-state index in [1.54, 1.807) is 18.3 Å². The number of nitrogens with zero attached hydrogens (tertiary/aromatic N) is 1. The van der Waals surface area contributed by atoms with Crippen molar-refractivity contribution in [3.05, 3.63) is 77.0 Å². The third-order valence-electron chi connectivity index (χ3n) is 5.90. The minimum absolute atomic E-state index is 0.107. The summed E-state index contributed by atoms with van der Waals surface area (Å²) in [5.41, 5.74) is 5.95. The Kier molecular flexibility index (Phi) is 10.3. The summed E-state index contributed by atoms with van der Waals surface area (Å²) in [5.74, 6) is 0.340. The first kappa shape index (κ1) is 29.1. The SMILES string of the molecule is CCO[C@@H](CC(=O)O)c1ccc(OCc2cccc(-c3c(C)cc(OCCCS(C)(=O)=O)cc3C)c2)nc1. The van der Waals surface area contributed by atoms with Gasteiger partial charge in [0.25, 0.3) is 0 Å². The van der Waals surface area contributed by atoms with Crippen LogP contribution >= 0.6 is 0 Å². The summed E-state index contributed by atoms with van der Waals surface area (Å²) in [5, 5.41) is 9.11. The molecular weight excluding hydrogens is 506 g/mol. The van der Waals surface area contributed by atoms with E-state index in [0.717, 1.165) is 33.6 Å². The first-order chi connectivity index (χ1) is 18.1. The van der Waals surface area contributed by atoms with Gasteiger partial charge in [0, 0.05) is 25.1 Å². The topological polar surface area (TPSA) is 112 Å². The first-order valence-electron chi connectivity index (χ1n) is 12.5. The third kappa shape index (κ3) is 8.85. The number of rotatable bonds is 14. The van der Waals surface area contributed by atoms with E-state index in [1.807, 2.05) is 45.0 Å². The largest absolute Gasteiger partial charge is 0.494 e. The monoisotopic (exact) mass is 541 g/mol. The van der Waals surface area contributed by atoms with Crippen molar-refractivity contribution in [1.29, 1.82) is 0 Å². The highest BCUT2D eigenvalue weighted by atomic mass is 32.2. The number of aromatic nitrogens is 1. The number of benzene rings is 2. The highest BCUT2D eigenvalue weighted by Crippen LogP contribution is 2.32. The molecule has 204 valence electrons. The van der Waals surface area contributed by atoms with Crippen molar-refractivity contribution in [3.63, 3.8) is 0 Å². The van der Waals surface area contributed by atoms with Crippen molar-refractivity contribution >= 4 is 15.8 Å². The number of pyridine rings is 1. The predicted molar refractivity (Wildman–Crippen MR) is 146 cm³/mol. The molecule has 0 aliphatic rings. The number of sulfone groups is 1. The molecule has 0 saturated carbocycles. The molecular formula is C29H35NO7S. The maximum Gasteiger partial charge on any atom is 0.306 e. The van der Waals surface area contributed by atoms with Crippen molar-refractivity contribution in [2.24, 2.45) is 0 Å². The second-order valence-corrected chi connectivity index (χ2v) is 11.5. The Bertz CT molecular complexity index is 1310. The Balaban J connectivity index is 1.66. The summed E-state index contributed by atoms with van der Waals surface area (Å²) in [7, 11) is -2.99. The van der Waals surface area contributed by atoms with Gasteiger partial charge in [-0.1, -0.05) is 18.2 Å². The lowest BCUT2D eigenvalue weighted by molar-refractivity contribution is -0.140. The number of carbonyl (C=O) groups is 1. The van der Waals surface area contributed by atoms with Crippen LogP contribution in [-0.2, 0) is 26.0 Å². The van der Waals surface area contributed by atoms with E-state index >= 15 is 0 Å². The molecule has 9 heteroatoms. The molecule has 1 atom stereocenters. The summed E-state index contributed by atoms with van der Waals surface area (Å²) in [6, 6.07) is 15.5. The van der Waals surface area contributed by atoms with Gasteiger partial charge in [-0.25, -0.2) is 13.4 Å². The maximum atomic E-state index is 11.3. The third-order valence-corrected chi connectivity index (χ3v) is 6.93. The molecule has 3 rings (SSSR count). The summed E-state index contributed by atoms with van der Waals surface area (Å²) in [6.07, 6.45) is 2.59. The average molecular weight is 542 g/mol. The highest BCUT2D eigenvalue weighted by Gasteiger charge is 2.16. The Morgan fingerprint density at radius 3 is 2.39 bits per heavy atom. The van der Waals surface area contributed by atoms with Crippen LogP contribution in [0.3, 0.4) is 0 Å². The Morgan fingerprint density at radius 2 is 1.79 bits per heavy atom. The van der Waals surface area contributed by atoms with Gasteiger partial charge in [-0.3, -0.25) is 4.79 Å². The first-order valence-corrected chi connectivity index (χ1v) is 14.5. The molecule has 0 radical (unpaired) electrons. The number of hydrogen-bond acceptors (Lipinski definition) is 7. The zero-order valence-electron chi connectivity index (χ0n) is 22.3. The number of aryl methyl sites for hydroxylation is 2. The molecule has 0 bridgehead atoms. The van der Waals surface area contributed by atoms with E-state index in [0.29, 0.717) is 37.7 Å². The molecule has 1 heterocycles. The summed E-state index contributed by atoms with van der Waals surface area (Å²) < 4.78 is 39.8. The Labute approximate surface area is 224 Å². The van der Waals surface area contributed by atoms with Gasteiger partial charge in [-0.05, 0) is 84.8 Å². The van der Waals surface area contributed by atoms with Gasteiger partial charge in [0.15, 0.2) is 0 Å². The molecule has 2 aromatic carbocycles. The van der Waals surface area contributed by atoms with Crippen molar-refractivity contribution in [1.82, 2.24) is 4.98 Å². The van der Waals surface area contributed by atoms with Crippen LogP contribution in [0.25, 0.3) is 11.1 Å². The number of ether oxygens (including phenoxy) is 3. The van der Waals surface area contributed by atoms with Crippen LogP contribution in [0.1, 0.15) is 48.1 Å². The summed E-state index contributed by atoms with van der Waals surface area (Å²) in [6.45, 7) is 6.96. The van der Waals surface area contributed by atoms with Gasteiger partial charge >= 0.3 is 5.97 Å². The van der Waals surface area contributed by atoms with Gasteiger partial charge in [-0.15, -0.1) is 0 Å². The molecule has 0 aliphatic carbocycles. The lowest BCUT2D eigenvalue weighted by atomic mass is 9.94. The van der Waals surface area contributed by atoms with Crippen LogP contribution in [0, 0.1) is 13.8 Å². The molecule has 3 aromatic rings. The predicted octanol–water partition coefficient (Wildman–Crippen LogP) is 5.31. The van der Waals surface area contributed by atoms with E-state index in [4.69, 9.17) is 19.3 Å². The lowest BCUT2D eigenvalue weighted by Crippen LogP contribution is -2.10. The highest BCUT2D eigenvalue weighted by molar-refractivity contribution is 7.90. The molecule has 1 N–H and O–H groups in total. The van der Waals surface area contributed by atoms with Crippen LogP contribution in [0.5, 0.6) is 11.6 Å². The van der Waals surface area contributed by atoms with E-state index in [1.165, 1.54) is 6.26 Å². The fourth-order valence-corrected chi connectivity index (χ4v) is 4.89. The van der Waals surface area contributed by atoms with Gasteiger partial charge in [0.1, 0.15) is 22.2 Å². The molecule has 0 amide bonds. The number of aliphatic carboxylic acids is 1. The normalized spacial score (nSPS) is 12.2. The van der Waals surface area contributed by atoms with Gasteiger partial charge in [-0.2, -0.15) is 0 Å². The number of carboxylic acid groups (broad SMARTS) is 1. The van der Waals surface area contributed by atoms with Crippen LogP contribution in [0.4, 0.5) is 0 Å². The van der Waals surface area contributed by atoms with Crippen molar-refractivity contribution in [2.75, 3.05) is 25.2 Å². The second-order valence-electron chi connectivity index (χ2n) is 9.22. The molecule has 8 nitrogen and oxygen atoms in total. The standard InChI is InChI=1S/C29H35NO7S/c1-5-35-26(17-28(31)32)24-10-11-27(30-18-24)37-19-22-8-6-9-23(16-22)29-20(2)14-25(15-21(29)3)36-12-7-13-38(4,33)34/h6,8-11,14-16,18,26H,5,7,12-13,17,19H2,1-4H3,(H,31,32)/t26-/m0/s1. The van der Waals surface area contributed by atoms with Gasteiger partial charge in [0.2, 0.25) is 5.88 Å². The van der Waals surface area contributed by atoms with Crippen molar-refractivity contribution in [2.45, 2.75) is 46.3 Å². The smallest absolute Gasteiger partial charge is 0.306 e.